The van der Waals surface area contributed by atoms with Crippen LogP contribution in [0.25, 0.3) is 0 Å². The van der Waals surface area contributed by atoms with Crippen molar-refractivity contribution in [2.24, 2.45) is 0 Å². The summed E-state index contributed by atoms with van der Waals surface area (Å²) in [6, 6.07) is 9.49. The Bertz CT molecular complexity index is 373. The van der Waals surface area contributed by atoms with E-state index in [0.29, 0.717) is 0 Å². The summed E-state index contributed by atoms with van der Waals surface area (Å²) in [5, 5.41) is 0. The largest absolute Gasteiger partial charge is 0.459 e. The smallest absolute Gasteiger partial charge is 0.399 e. The Balaban J connectivity index is 0.000000388. The number of nitrogen functional groups attached to an aromatic ring is 1. The molecular formula is C10H9F8N. The van der Waals surface area contributed by atoms with E-state index in [2.05, 4.69) is 0 Å². The van der Waals surface area contributed by atoms with E-state index in [1.165, 1.54) is 0 Å². The van der Waals surface area contributed by atoms with Crippen LogP contribution in [0.5, 0.6) is 0 Å². The number of nitrogens with two attached hydrogens (primary N) is 1. The molecule has 0 heterocycles. The lowest BCUT2D eigenvalue weighted by Gasteiger charge is -2.25. The highest BCUT2D eigenvalue weighted by molar-refractivity contribution is 5.35. The predicted molar refractivity (Wildman–Crippen MR) is 52.8 cm³/mol. The number of hydrogen-bond acceptors (Lipinski definition) is 1. The van der Waals surface area contributed by atoms with Crippen molar-refractivity contribution < 1.29 is 35.1 Å². The van der Waals surface area contributed by atoms with Gasteiger partial charge in [0.25, 0.3) is 0 Å². The molecule has 0 fully saturated rings. The van der Waals surface area contributed by atoms with Crippen LogP contribution < -0.4 is 5.73 Å². The number of rotatable bonds is 2. The van der Waals surface area contributed by atoms with Gasteiger partial charge >= 0.3 is 18.0 Å². The van der Waals surface area contributed by atoms with Gasteiger partial charge in [0.2, 0.25) is 0 Å². The Morgan fingerprint density at radius 3 is 1.42 bits per heavy atom. The van der Waals surface area contributed by atoms with Gasteiger partial charge in [-0.25, -0.2) is 4.39 Å². The zero-order valence-corrected chi connectivity index (χ0v) is 9.19. The molecule has 0 atom stereocenters. The van der Waals surface area contributed by atoms with Crippen LogP contribution in [0.3, 0.4) is 0 Å². The van der Waals surface area contributed by atoms with Crippen molar-refractivity contribution in [3.05, 3.63) is 30.3 Å². The molecule has 0 aliphatic heterocycles. The molecule has 0 aromatic heterocycles. The van der Waals surface area contributed by atoms with E-state index in [9.17, 15) is 35.1 Å². The third kappa shape index (κ3) is 4.56. The van der Waals surface area contributed by atoms with Gasteiger partial charge in [0.05, 0.1) is 0 Å². The Hall–Kier alpha value is -1.54. The second kappa shape index (κ2) is 6.07. The molecule has 2 N–H and O–H groups in total. The van der Waals surface area contributed by atoms with E-state index >= 15 is 0 Å². The van der Waals surface area contributed by atoms with Gasteiger partial charge < -0.3 is 5.73 Å². The fourth-order valence-corrected chi connectivity index (χ4v) is 0.744. The van der Waals surface area contributed by atoms with Crippen LogP contribution in [0.4, 0.5) is 40.8 Å². The second-order valence-corrected chi connectivity index (χ2v) is 3.32. The second-order valence-electron chi connectivity index (χ2n) is 3.32. The molecule has 19 heavy (non-hydrogen) atoms. The van der Waals surface area contributed by atoms with Gasteiger partial charge in [0.1, 0.15) is 0 Å². The van der Waals surface area contributed by atoms with Gasteiger partial charge in [-0.3, -0.25) is 0 Å². The van der Waals surface area contributed by atoms with Crippen molar-refractivity contribution in [1.29, 1.82) is 0 Å². The molecule has 0 spiro atoms. The molecule has 1 rings (SSSR count). The molecule has 0 saturated carbocycles. The lowest BCUT2D eigenvalue weighted by atomic mass is 10.2. The number of halogens is 8. The van der Waals surface area contributed by atoms with Crippen LogP contribution in [0.2, 0.25) is 0 Å². The number of para-hydroxylation sites is 1. The standard InChI is InChI=1S/C6H7N.C4H2F8/c7-6-4-2-1-3-5-6;5-1-2(6,7)3(8,9)4(10,11)12/h1-5H,7H2;1H2. The monoisotopic (exact) mass is 295 g/mol. The molecule has 0 saturated heterocycles. The molecule has 0 amide bonds. The number of hydrogen-bond donors (Lipinski definition) is 1. The highest BCUT2D eigenvalue weighted by atomic mass is 19.4. The van der Waals surface area contributed by atoms with Crippen molar-refractivity contribution >= 4 is 5.69 Å². The van der Waals surface area contributed by atoms with E-state index in [0.717, 1.165) is 5.69 Å². The summed E-state index contributed by atoms with van der Waals surface area (Å²) in [6.45, 7) is -3.06. The van der Waals surface area contributed by atoms with E-state index in [1.807, 2.05) is 30.3 Å². The Morgan fingerprint density at radius 2 is 1.26 bits per heavy atom. The molecule has 0 unspecified atom stereocenters. The molecule has 0 radical (unpaired) electrons. The van der Waals surface area contributed by atoms with Gasteiger partial charge in [-0.05, 0) is 12.1 Å². The van der Waals surface area contributed by atoms with Gasteiger partial charge in [-0.1, -0.05) is 18.2 Å². The molecular weight excluding hydrogens is 286 g/mol. The predicted octanol–water partition coefficient (Wildman–Crippen LogP) is 4.06. The van der Waals surface area contributed by atoms with Crippen molar-refractivity contribution in [1.82, 2.24) is 0 Å². The summed E-state index contributed by atoms with van der Waals surface area (Å²) >= 11 is 0. The lowest BCUT2D eigenvalue weighted by molar-refractivity contribution is -0.356. The van der Waals surface area contributed by atoms with Crippen LogP contribution in [0.15, 0.2) is 30.3 Å². The maximum absolute atomic E-state index is 11.6. The first-order valence-corrected chi connectivity index (χ1v) is 4.64. The van der Waals surface area contributed by atoms with Crippen LogP contribution in [-0.2, 0) is 0 Å². The van der Waals surface area contributed by atoms with Crippen molar-refractivity contribution in [2.75, 3.05) is 12.4 Å². The normalized spacial score (nSPS) is 12.6. The minimum Gasteiger partial charge on any atom is -0.399 e. The first-order valence-electron chi connectivity index (χ1n) is 4.64. The van der Waals surface area contributed by atoms with Crippen LogP contribution in [0, 0.1) is 0 Å². The third-order valence-electron chi connectivity index (χ3n) is 1.78. The van der Waals surface area contributed by atoms with Crippen molar-refractivity contribution in [3.8, 4) is 0 Å². The maximum Gasteiger partial charge on any atom is 0.459 e. The molecule has 1 aromatic carbocycles. The minimum absolute atomic E-state index is 0.822. The van der Waals surface area contributed by atoms with Crippen molar-refractivity contribution in [3.63, 3.8) is 0 Å². The Labute approximate surface area is 103 Å². The molecule has 9 heteroatoms. The fraction of sp³-hybridized carbons (Fsp3) is 0.400. The highest BCUT2D eigenvalue weighted by Gasteiger charge is 2.73. The van der Waals surface area contributed by atoms with E-state index in [-0.39, 0.29) is 0 Å². The van der Waals surface area contributed by atoms with E-state index in [1.54, 1.807) is 0 Å². The zero-order chi connectivity index (χ0) is 15.3. The maximum atomic E-state index is 11.6. The third-order valence-corrected chi connectivity index (χ3v) is 1.78. The SMILES string of the molecule is FCC(F)(F)C(F)(F)C(F)(F)F.Nc1ccccc1. The molecule has 1 nitrogen and oxygen atoms in total. The van der Waals surface area contributed by atoms with Crippen LogP contribution >= 0.6 is 0 Å². The summed E-state index contributed by atoms with van der Waals surface area (Å²) in [7, 11) is 0. The highest BCUT2D eigenvalue weighted by Crippen LogP contribution is 2.46. The van der Waals surface area contributed by atoms with E-state index < -0.39 is 24.7 Å². The fourth-order valence-electron chi connectivity index (χ4n) is 0.744. The summed E-state index contributed by atoms with van der Waals surface area (Å²) < 4.78 is 90.8. The van der Waals surface area contributed by atoms with Gasteiger partial charge in [-0.15, -0.1) is 0 Å². The number of anilines is 1. The van der Waals surface area contributed by atoms with Gasteiger partial charge in [-0.2, -0.15) is 30.7 Å². The first-order chi connectivity index (χ1) is 8.45. The van der Waals surface area contributed by atoms with Gasteiger partial charge in [0, 0.05) is 5.69 Å². The van der Waals surface area contributed by atoms with Gasteiger partial charge in [0.15, 0.2) is 6.67 Å². The Kier molecular flexibility index (Phi) is 5.58. The summed E-state index contributed by atoms with van der Waals surface area (Å²) in [5.41, 5.74) is 6.18. The summed E-state index contributed by atoms with van der Waals surface area (Å²) in [6.07, 6.45) is -6.44. The quantitative estimate of drug-likeness (QED) is 0.646. The molecule has 0 aliphatic rings. The molecule has 0 bridgehead atoms. The summed E-state index contributed by atoms with van der Waals surface area (Å²) in [4.78, 5) is 0. The topological polar surface area (TPSA) is 26.0 Å². The zero-order valence-electron chi connectivity index (χ0n) is 9.19. The average Bonchev–Trinajstić information content (AvgIpc) is 2.29. The Morgan fingerprint density at radius 1 is 0.842 bits per heavy atom. The molecule has 110 valence electrons. The average molecular weight is 295 g/mol. The number of benzene rings is 1. The number of alkyl halides is 8. The summed E-state index contributed by atoms with van der Waals surface area (Å²) in [5.74, 6) is -12.0. The first kappa shape index (κ1) is 17.5. The molecule has 0 aliphatic carbocycles. The molecule has 1 aromatic rings. The minimum atomic E-state index is -6.44. The van der Waals surface area contributed by atoms with Crippen LogP contribution in [-0.4, -0.2) is 24.7 Å². The van der Waals surface area contributed by atoms with E-state index in [4.69, 9.17) is 5.73 Å². The van der Waals surface area contributed by atoms with Crippen molar-refractivity contribution in [2.45, 2.75) is 18.0 Å². The van der Waals surface area contributed by atoms with Crippen LogP contribution in [0.1, 0.15) is 0 Å². The lowest BCUT2D eigenvalue weighted by Crippen LogP contribution is -2.53.